The molecule has 0 unspecified atom stereocenters. The summed E-state index contributed by atoms with van der Waals surface area (Å²) in [6, 6.07) is 8.19. The molecule has 1 aliphatic rings. The highest BCUT2D eigenvalue weighted by molar-refractivity contribution is 6.30. The predicted octanol–water partition coefficient (Wildman–Crippen LogP) is 3.28. The van der Waals surface area contributed by atoms with Gasteiger partial charge in [-0.3, -0.25) is 0 Å². The highest BCUT2D eigenvalue weighted by Crippen LogP contribution is 2.26. The Morgan fingerprint density at radius 3 is 2.46 bits per heavy atom. The second-order valence-corrected chi connectivity index (χ2v) is 7.19. The number of hydrogen-bond acceptors (Lipinski definition) is 5. The maximum Gasteiger partial charge on any atom is 0.254 e. The second-order valence-electron chi connectivity index (χ2n) is 6.75. The van der Waals surface area contributed by atoms with Gasteiger partial charge in [0, 0.05) is 55.1 Å². The van der Waals surface area contributed by atoms with E-state index in [4.69, 9.17) is 11.6 Å². The average Bonchev–Trinajstić information content (AvgIpc) is 3.06. The fraction of sp³-hybridized carbons (Fsp3) is 0.421. The molecule has 3 heterocycles. The summed E-state index contributed by atoms with van der Waals surface area (Å²) in [5, 5.41) is 5.41. The first-order chi connectivity index (χ1) is 12.5. The number of aromatic nitrogens is 4. The molecule has 0 bridgehead atoms. The molecule has 0 aliphatic carbocycles. The van der Waals surface area contributed by atoms with Crippen LogP contribution in [-0.2, 0) is 6.42 Å². The first-order valence-corrected chi connectivity index (χ1v) is 9.42. The number of nitrogens with zero attached hydrogens (tertiary/aromatic N) is 6. The summed E-state index contributed by atoms with van der Waals surface area (Å²) in [5.41, 5.74) is 3.45. The Labute approximate surface area is 158 Å². The van der Waals surface area contributed by atoms with Crippen LogP contribution in [0.2, 0.25) is 5.02 Å². The molecule has 2 aromatic heterocycles. The monoisotopic (exact) mass is 370 g/mol. The van der Waals surface area contributed by atoms with E-state index in [9.17, 15) is 0 Å². The molecule has 0 atom stereocenters. The van der Waals surface area contributed by atoms with Crippen LogP contribution in [0.1, 0.15) is 24.0 Å². The third-order valence-electron chi connectivity index (χ3n) is 4.90. The maximum atomic E-state index is 6.20. The van der Waals surface area contributed by atoms with Gasteiger partial charge in [0.05, 0.1) is 0 Å². The van der Waals surface area contributed by atoms with Crippen molar-refractivity contribution >= 4 is 28.9 Å². The number of benzene rings is 1. The lowest BCUT2D eigenvalue weighted by Gasteiger charge is -2.37. The topological polar surface area (TPSA) is 49.6 Å². The molecule has 26 heavy (non-hydrogen) atoms. The van der Waals surface area contributed by atoms with Crippen LogP contribution >= 0.6 is 11.6 Å². The van der Waals surface area contributed by atoms with Gasteiger partial charge < -0.3 is 9.80 Å². The lowest BCUT2D eigenvalue weighted by Crippen LogP contribution is -2.47. The molecule has 4 rings (SSSR count). The van der Waals surface area contributed by atoms with Crippen molar-refractivity contribution in [3.05, 3.63) is 46.4 Å². The van der Waals surface area contributed by atoms with Crippen LogP contribution in [0.3, 0.4) is 0 Å². The van der Waals surface area contributed by atoms with Gasteiger partial charge in [-0.25, -0.2) is 4.98 Å². The number of anilines is 2. The van der Waals surface area contributed by atoms with E-state index in [0.29, 0.717) is 5.78 Å². The molecule has 0 N–H and O–H groups in total. The molecule has 1 aromatic carbocycles. The van der Waals surface area contributed by atoms with Gasteiger partial charge in [-0.1, -0.05) is 24.6 Å². The minimum absolute atomic E-state index is 0.685. The number of piperazine rings is 1. The Bertz CT molecular complexity index is 943. The fourth-order valence-corrected chi connectivity index (χ4v) is 3.65. The van der Waals surface area contributed by atoms with Crippen molar-refractivity contribution in [3.8, 4) is 0 Å². The Morgan fingerprint density at radius 2 is 1.73 bits per heavy atom. The van der Waals surface area contributed by atoms with E-state index in [1.807, 2.05) is 17.5 Å². The summed E-state index contributed by atoms with van der Waals surface area (Å²) < 4.78 is 1.88. The van der Waals surface area contributed by atoms with Crippen molar-refractivity contribution in [2.75, 3.05) is 36.0 Å². The molecule has 1 saturated heterocycles. The molecule has 0 spiro atoms. The normalized spacial score (nSPS) is 15.1. The van der Waals surface area contributed by atoms with Gasteiger partial charge >= 0.3 is 0 Å². The van der Waals surface area contributed by atoms with E-state index in [1.54, 1.807) is 0 Å². The zero-order chi connectivity index (χ0) is 18.3. The van der Waals surface area contributed by atoms with Gasteiger partial charge in [-0.2, -0.15) is 9.50 Å². The number of rotatable bonds is 3. The Hall–Kier alpha value is -2.34. The lowest BCUT2D eigenvalue weighted by molar-refractivity contribution is 0.636. The largest absolute Gasteiger partial charge is 0.368 e. The summed E-state index contributed by atoms with van der Waals surface area (Å²) in [6.07, 6.45) is 0.809. The van der Waals surface area contributed by atoms with E-state index >= 15 is 0 Å². The molecule has 3 aromatic rings. The van der Waals surface area contributed by atoms with E-state index < -0.39 is 0 Å². The molecule has 6 nitrogen and oxygen atoms in total. The third kappa shape index (κ3) is 3.09. The van der Waals surface area contributed by atoms with Crippen molar-refractivity contribution in [2.45, 2.75) is 27.2 Å². The van der Waals surface area contributed by atoms with E-state index in [2.05, 4.69) is 56.9 Å². The van der Waals surface area contributed by atoms with Crippen LogP contribution in [0, 0.1) is 13.8 Å². The first kappa shape index (κ1) is 17.1. The van der Waals surface area contributed by atoms with Crippen molar-refractivity contribution in [1.82, 2.24) is 19.6 Å². The van der Waals surface area contributed by atoms with Gasteiger partial charge in [0.2, 0.25) is 0 Å². The predicted molar refractivity (Wildman–Crippen MR) is 106 cm³/mol. The summed E-state index contributed by atoms with van der Waals surface area (Å²) in [6.45, 7) is 9.94. The molecular weight excluding hydrogens is 348 g/mol. The average molecular weight is 371 g/mol. The van der Waals surface area contributed by atoms with Gasteiger partial charge in [0.25, 0.3) is 5.78 Å². The maximum absolute atomic E-state index is 6.20. The smallest absolute Gasteiger partial charge is 0.254 e. The Balaban J connectivity index is 1.59. The minimum Gasteiger partial charge on any atom is -0.368 e. The molecule has 1 aliphatic heterocycles. The van der Waals surface area contributed by atoms with Gasteiger partial charge in [-0.15, -0.1) is 5.10 Å². The van der Waals surface area contributed by atoms with Crippen molar-refractivity contribution in [3.63, 3.8) is 0 Å². The lowest BCUT2D eigenvalue weighted by atomic mass is 10.1. The number of fused-ring (bicyclic) bond motifs is 1. The third-order valence-corrected chi connectivity index (χ3v) is 5.13. The van der Waals surface area contributed by atoms with E-state index in [-0.39, 0.29) is 0 Å². The quantitative estimate of drug-likeness (QED) is 0.708. The molecular formula is C19H23ClN6. The minimum atomic E-state index is 0.685. The summed E-state index contributed by atoms with van der Waals surface area (Å²) >= 11 is 6.20. The molecule has 0 radical (unpaired) electrons. The van der Waals surface area contributed by atoms with Crippen molar-refractivity contribution in [2.24, 2.45) is 0 Å². The van der Waals surface area contributed by atoms with Gasteiger partial charge in [-0.05, 0) is 31.5 Å². The van der Waals surface area contributed by atoms with Crippen LogP contribution in [0.5, 0.6) is 0 Å². The van der Waals surface area contributed by atoms with Crippen LogP contribution in [0.25, 0.3) is 5.78 Å². The van der Waals surface area contributed by atoms with Crippen LogP contribution in [0.15, 0.2) is 24.3 Å². The summed E-state index contributed by atoms with van der Waals surface area (Å²) in [7, 11) is 0. The van der Waals surface area contributed by atoms with E-state index in [1.165, 1.54) is 11.3 Å². The molecule has 136 valence electrons. The number of aryl methyl sites for hydroxylation is 3. The highest BCUT2D eigenvalue weighted by Gasteiger charge is 2.22. The Kier molecular flexibility index (Phi) is 4.44. The second kappa shape index (κ2) is 6.76. The highest BCUT2D eigenvalue weighted by atomic mass is 35.5. The number of hydrogen-bond donors (Lipinski definition) is 0. The molecule has 0 saturated carbocycles. The SMILES string of the molecule is CCc1nc2nc(C)cc(N3CCN(c4cc(Cl)ccc4C)CC3)n2n1. The fourth-order valence-electron chi connectivity index (χ4n) is 3.48. The molecule has 1 fully saturated rings. The summed E-state index contributed by atoms with van der Waals surface area (Å²) in [5.74, 6) is 2.59. The zero-order valence-corrected chi connectivity index (χ0v) is 16.2. The summed E-state index contributed by atoms with van der Waals surface area (Å²) in [4.78, 5) is 13.8. The first-order valence-electron chi connectivity index (χ1n) is 9.04. The molecule has 7 heteroatoms. The number of halogens is 1. The Morgan fingerprint density at radius 1 is 1.00 bits per heavy atom. The van der Waals surface area contributed by atoms with Gasteiger partial charge in [0.1, 0.15) is 5.82 Å². The van der Waals surface area contributed by atoms with Gasteiger partial charge in [0.15, 0.2) is 5.82 Å². The van der Waals surface area contributed by atoms with Crippen molar-refractivity contribution in [1.29, 1.82) is 0 Å². The standard InChI is InChI=1S/C19H23ClN6/c1-4-17-22-19-21-14(3)11-18(26(19)23-17)25-9-7-24(8-10-25)16-12-15(20)6-5-13(16)2/h5-6,11-12H,4,7-10H2,1-3H3. The van der Waals surface area contributed by atoms with Crippen LogP contribution < -0.4 is 9.80 Å². The zero-order valence-electron chi connectivity index (χ0n) is 15.4. The van der Waals surface area contributed by atoms with Crippen LogP contribution in [-0.4, -0.2) is 45.8 Å². The van der Waals surface area contributed by atoms with Crippen LogP contribution in [0.4, 0.5) is 11.5 Å². The van der Waals surface area contributed by atoms with E-state index in [0.717, 1.165) is 55.0 Å². The van der Waals surface area contributed by atoms with Crippen molar-refractivity contribution < 1.29 is 0 Å². The molecule has 0 amide bonds.